The summed E-state index contributed by atoms with van der Waals surface area (Å²) in [5.74, 6) is 0. The molecular weight excluding hydrogens is 380 g/mol. The minimum Gasteiger partial charge on any atom is -0.480 e. The van der Waals surface area contributed by atoms with Gasteiger partial charge in [-0.1, -0.05) is 29.8 Å². The molecule has 3 N–H and O–H groups in total. The molecule has 1 aliphatic rings. The Morgan fingerprint density at radius 2 is 2.04 bits per heavy atom. The zero-order chi connectivity index (χ0) is 18.4. The highest BCUT2D eigenvalue weighted by atomic mass is 35.5. The van der Waals surface area contributed by atoms with Crippen molar-refractivity contribution in [1.82, 2.24) is 15.3 Å². The van der Waals surface area contributed by atoms with E-state index in [1.54, 1.807) is 11.3 Å². The number of thiophene rings is 1. The average Bonchev–Trinajstić information content (AvgIpc) is 3.35. The maximum Gasteiger partial charge on any atom is 0.305 e. The number of hydrogen-bond acceptors (Lipinski definition) is 4. The summed E-state index contributed by atoms with van der Waals surface area (Å²) in [5, 5.41) is 21.6. The predicted octanol–water partition coefficient (Wildman–Crippen LogP) is 4.45. The first kappa shape index (κ1) is 16.5. The van der Waals surface area contributed by atoms with Gasteiger partial charge in [0.05, 0.1) is 0 Å². The zero-order valence-corrected chi connectivity index (χ0v) is 15.9. The van der Waals surface area contributed by atoms with Gasteiger partial charge in [-0.15, -0.1) is 16.4 Å². The fourth-order valence-corrected chi connectivity index (χ4v) is 4.76. The molecule has 0 spiro atoms. The van der Waals surface area contributed by atoms with Crippen LogP contribution < -0.4 is 10.7 Å². The molecule has 0 fully saturated rings. The van der Waals surface area contributed by atoms with Gasteiger partial charge >= 0.3 is 6.02 Å². The van der Waals surface area contributed by atoms with Crippen molar-refractivity contribution in [3.63, 3.8) is 0 Å². The van der Waals surface area contributed by atoms with E-state index in [4.69, 9.17) is 11.6 Å². The summed E-state index contributed by atoms with van der Waals surface area (Å²) < 4.78 is 3.53. The monoisotopic (exact) mass is 396 g/mol. The first-order valence-corrected chi connectivity index (χ1v) is 9.94. The molecule has 0 radical (unpaired) electrons. The van der Waals surface area contributed by atoms with Gasteiger partial charge in [-0.3, -0.25) is 5.43 Å². The second-order valence-corrected chi connectivity index (χ2v) is 8.01. The Bertz CT molecular complexity index is 1180. The molecule has 27 heavy (non-hydrogen) atoms. The number of rotatable bonds is 4. The summed E-state index contributed by atoms with van der Waals surface area (Å²) in [4.78, 5) is 0. The molecule has 1 atom stereocenters. The number of fused-ring (bicyclic) bond motifs is 2. The maximum atomic E-state index is 9.45. The first-order valence-electron chi connectivity index (χ1n) is 8.68. The Hall–Kier alpha value is -2.70. The van der Waals surface area contributed by atoms with Crippen LogP contribution in [0.5, 0.6) is 0 Å². The van der Waals surface area contributed by atoms with Gasteiger partial charge in [0.15, 0.2) is 0 Å². The highest BCUT2D eigenvalue weighted by molar-refractivity contribution is 7.17. The predicted molar refractivity (Wildman–Crippen MR) is 112 cm³/mol. The number of aromatic nitrogens is 1. The Kier molecular flexibility index (Phi) is 3.95. The molecule has 1 aliphatic heterocycles. The average molecular weight is 397 g/mol. The largest absolute Gasteiger partial charge is 0.480 e. The van der Waals surface area contributed by atoms with Gasteiger partial charge in [0, 0.05) is 39.8 Å². The number of nitrogens with one attached hydrogen (secondary N) is 2. The second kappa shape index (κ2) is 6.48. The molecule has 136 valence electrons. The number of nitrogens with zero attached hydrogens (tertiary/aromatic N) is 2. The van der Waals surface area contributed by atoms with E-state index in [9.17, 15) is 5.11 Å². The van der Waals surface area contributed by atoms with E-state index in [1.807, 2.05) is 12.1 Å². The molecule has 0 amide bonds. The van der Waals surface area contributed by atoms with Crippen molar-refractivity contribution >= 4 is 49.9 Å². The molecule has 1 unspecified atom stereocenters. The molecule has 0 saturated heterocycles. The lowest BCUT2D eigenvalue weighted by Crippen LogP contribution is -2.36. The molecule has 0 aliphatic carbocycles. The molecule has 4 aromatic rings. The molecule has 0 saturated carbocycles. The standard InChI is InChI=1S/C20H17ClN4OS/c21-14-5-6-18-16(8-14)13(11-27-18)10-25-9-12(7-19-22-20(26)24-23-19)15-3-1-2-4-17(15)25/h1-6,8-9,11,19,23H,7,10H2,(H2,22,24,26). The van der Waals surface area contributed by atoms with Crippen molar-refractivity contribution in [2.45, 2.75) is 19.1 Å². The Morgan fingerprint density at radius 3 is 2.89 bits per heavy atom. The molecule has 7 heteroatoms. The minimum absolute atomic E-state index is 0.0645. The van der Waals surface area contributed by atoms with Crippen LogP contribution in [-0.2, 0) is 13.0 Å². The van der Waals surface area contributed by atoms with E-state index in [0.717, 1.165) is 18.0 Å². The van der Waals surface area contributed by atoms with Gasteiger partial charge in [0.1, 0.15) is 6.17 Å². The summed E-state index contributed by atoms with van der Waals surface area (Å²) in [6, 6.07) is 14.4. The van der Waals surface area contributed by atoms with Crippen LogP contribution in [0.2, 0.25) is 5.02 Å². The number of para-hydroxylation sites is 1. The number of hydrogen-bond donors (Lipinski definition) is 3. The van der Waals surface area contributed by atoms with Crippen molar-refractivity contribution in [2.75, 3.05) is 0 Å². The number of amidine groups is 1. The van der Waals surface area contributed by atoms with E-state index in [0.29, 0.717) is 0 Å². The third kappa shape index (κ3) is 3.01. The quantitative estimate of drug-likeness (QED) is 0.477. The molecule has 5 rings (SSSR count). The van der Waals surface area contributed by atoms with Crippen LogP contribution in [0.4, 0.5) is 0 Å². The van der Waals surface area contributed by atoms with Gasteiger partial charge in [0.25, 0.3) is 0 Å². The number of halogens is 1. The summed E-state index contributed by atoms with van der Waals surface area (Å²) in [6.07, 6.45) is 2.80. The van der Waals surface area contributed by atoms with Gasteiger partial charge in [0.2, 0.25) is 0 Å². The summed E-state index contributed by atoms with van der Waals surface area (Å²) in [6.45, 7) is 0.786. The fourth-order valence-electron chi connectivity index (χ4n) is 3.65. The Morgan fingerprint density at radius 1 is 1.15 bits per heavy atom. The van der Waals surface area contributed by atoms with Crippen LogP contribution in [0.1, 0.15) is 11.1 Å². The smallest absolute Gasteiger partial charge is 0.305 e. The van der Waals surface area contributed by atoms with E-state index in [1.165, 1.54) is 32.1 Å². The molecule has 2 aromatic carbocycles. The van der Waals surface area contributed by atoms with Crippen molar-refractivity contribution in [3.8, 4) is 0 Å². The summed E-state index contributed by atoms with van der Waals surface area (Å²) in [5.41, 5.74) is 6.57. The van der Waals surface area contributed by atoms with Crippen LogP contribution in [0.15, 0.2) is 59.1 Å². The van der Waals surface area contributed by atoms with Crippen LogP contribution in [-0.4, -0.2) is 21.9 Å². The lowest BCUT2D eigenvalue weighted by atomic mass is 10.1. The SMILES string of the molecule is OC1=NNC(Cc2cn(Cc3csc4ccc(Cl)cc34)c3ccccc23)N1. The number of aliphatic hydroxyl groups excluding tert-OH is 1. The van der Waals surface area contributed by atoms with Crippen molar-refractivity contribution in [3.05, 3.63) is 70.2 Å². The van der Waals surface area contributed by atoms with Crippen LogP contribution >= 0.6 is 22.9 Å². The van der Waals surface area contributed by atoms with Crippen LogP contribution in [0, 0.1) is 0 Å². The molecule has 3 heterocycles. The van der Waals surface area contributed by atoms with Crippen molar-refractivity contribution < 1.29 is 5.11 Å². The van der Waals surface area contributed by atoms with Gasteiger partial charge in [-0.05, 0) is 46.2 Å². The minimum atomic E-state index is -0.106. The first-order chi connectivity index (χ1) is 13.2. The lowest BCUT2D eigenvalue weighted by Gasteiger charge is -2.09. The maximum absolute atomic E-state index is 9.45. The third-order valence-electron chi connectivity index (χ3n) is 4.88. The van der Waals surface area contributed by atoms with Crippen LogP contribution in [0.25, 0.3) is 21.0 Å². The topological polar surface area (TPSA) is 61.6 Å². The lowest BCUT2D eigenvalue weighted by molar-refractivity contribution is 0.495. The van der Waals surface area contributed by atoms with Crippen molar-refractivity contribution in [1.29, 1.82) is 0 Å². The molecule has 2 aromatic heterocycles. The van der Waals surface area contributed by atoms with E-state index in [-0.39, 0.29) is 12.2 Å². The molecule has 0 bridgehead atoms. The Balaban J connectivity index is 1.52. The molecular formula is C20H17ClN4OS. The van der Waals surface area contributed by atoms with E-state index >= 15 is 0 Å². The number of hydrazone groups is 1. The highest BCUT2D eigenvalue weighted by Gasteiger charge is 2.19. The highest BCUT2D eigenvalue weighted by Crippen LogP contribution is 2.31. The summed E-state index contributed by atoms with van der Waals surface area (Å²) >= 11 is 7.95. The van der Waals surface area contributed by atoms with Crippen LogP contribution in [0.3, 0.4) is 0 Å². The van der Waals surface area contributed by atoms with Gasteiger partial charge < -0.3 is 15.0 Å². The van der Waals surface area contributed by atoms with E-state index < -0.39 is 0 Å². The third-order valence-corrected chi connectivity index (χ3v) is 6.13. The van der Waals surface area contributed by atoms with Gasteiger partial charge in [-0.25, -0.2) is 0 Å². The summed E-state index contributed by atoms with van der Waals surface area (Å²) in [7, 11) is 0. The fraction of sp³-hybridized carbons (Fsp3) is 0.150. The second-order valence-electron chi connectivity index (χ2n) is 6.67. The molecule has 5 nitrogen and oxygen atoms in total. The number of benzene rings is 2. The number of aliphatic hydroxyl groups is 1. The van der Waals surface area contributed by atoms with Crippen molar-refractivity contribution in [2.24, 2.45) is 5.10 Å². The normalized spacial score (nSPS) is 16.5. The van der Waals surface area contributed by atoms with E-state index in [2.05, 4.69) is 62.3 Å². The Labute approximate surface area is 164 Å². The van der Waals surface area contributed by atoms with Gasteiger partial charge in [-0.2, -0.15) is 0 Å². The zero-order valence-electron chi connectivity index (χ0n) is 14.3.